The molecule has 5 nitrogen and oxygen atoms in total. The number of amides is 2. The zero-order valence-electron chi connectivity index (χ0n) is 15.2. The first-order valence-electron chi connectivity index (χ1n) is 9.22. The molecule has 0 bridgehead atoms. The van der Waals surface area contributed by atoms with Crippen molar-refractivity contribution in [1.29, 1.82) is 0 Å². The summed E-state index contributed by atoms with van der Waals surface area (Å²) in [4.78, 5) is 26.9. The first-order chi connectivity index (χ1) is 13.7. The van der Waals surface area contributed by atoms with Gasteiger partial charge in [0.05, 0.1) is 5.69 Å². The maximum absolute atomic E-state index is 13.0. The van der Waals surface area contributed by atoms with E-state index in [2.05, 4.69) is 5.32 Å². The SMILES string of the molecule is O=C(Nc1ccccc1Oc1ccccc1)C1CCC(=O)N1c1ccccc1. The third kappa shape index (κ3) is 3.74. The molecular formula is C23H20N2O3. The van der Waals surface area contributed by atoms with Gasteiger partial charge in [0.1, 0.15) is 11.8 Å². The molecule has 0 aromatic heterocycles. The Morgan fingerprint density at radius 3 is 2.29 bits per heavy atom. The van der Waals surface area contributed by atoms with E-state index in [1.807, 2.05) is 72.8 Å². The Labute approximate surface area is 163 Å². The minimum Gasteiger partial charge on any atom is -0.455 e. The van der Waals surface area contributed by atoms with Crippen LogP contribution in [0.2, 0.25) is 0 Å². The summed E-state index contributed by atoms with van der Waals surface area (Å²) in [6.07, 6.45) is 0.844. The molecule has 2 amide bonds. The number of ether oxygens (including phenoxy) is 1. The van der Waals surface area contributed by atoms with Gasteiger partial charge in [-0.2, -0.15) is 0 Å². The average molecular weight is 372 g/mol. The first-order valence-corrected chi connectivity index (χ1v) is 9.22. The Balaban J connectivity index is 1.55. The molecule has 1 aliphatic heterocycles. The summed E-state index contributed by atoms with van der Waals surface area (Å²) in [5, 5.41) is 2.94. The van der Waals surface area contributed by atoms with E-state index in [-0.39, 0.29) is 11.8 Å². The number of anilines is 2. The molecule has 1 unspecified atom stereocenters. The molecule has 4 rings (SSSR count). The summed E-state index contributed by atoms with van der Waals surface area (Å²) in [6, 6.07) is 25.4. The molecule has 3 aromatic rings. The second-order valence-electron chi connectivity index (χ2n) is 6.55. The van der Waals surface area contributed by atoms with Crippen molar-refractivity contribution < 1.29 is 14.3 Å². The third-order valence-electron chi connectivity index (χ3n) is 4.66. The van der Waals surface area contributed by atoms with Crippen molar-refractivity contribution in [3.63, 3.8) is 0 Å². The van der Waals surface area contributed by atoms with E-state index in [0.29, 0.717) is 30.0 Å². The topological polar surface area (TPSA) is 58.6 Å². The fourth-order valence-corrected chi connectivity index (χ4v) is 3.33. The monoisotopic (exact) mass is 372 g/mol. The largest absolute Gasteiger partial charge is 0.455 e. The molecule has 0 radical (unpaired) electrons. The van der Waals surface area contributed by atoms with Crippen LogP contribution in [0.15, 0.2) is 84.9 Å². The van der Waals surface area contributed by atoms with Crippen LogP contribution in [0.4, 0.5) is 11.4 Å². The van der Waals surface area contributed by atoms with E-state index >= 15 is 0 Å². The summed E-state index contributed by atoms with van der Waals surface area (Å²) in [6.45, 7) is 0. The molecule has 1 heterocycles. The van der Waals surface area contributed by atoms with Gasteiger partial charge in [0, 0.05) is 12.1 Å². The summed E-state index contributed by atoms with van der Waals surface area (Å²) >= 11 is 0. The number of carbonyl (C=O) groups is 2. The Morgan fingerprint density at radius 1 is 0.893 bits per heavy atom. The fourth-order valence-electron chi connectivity index (χ4n) is 3.33. The molecule has 3 aromatic carbocycles. The Bertz CT molecular complexity index is 973. The molecule has 0 saturated carbocycles. The van der Waals surface area contributed by atoms with E-state index in [1.165, 1.54) is 0 Å². The molecule has 140 valence electrons. The summed E-state index contributed by atoms with van der Waals surface area (Å²) < 4.78 is 5.91. The highest BCUT2D eigenvalue weighted by Gasteiger charge is 2.37. The van der Waals surface area contributed by atoms with Crippen LogP contribution in [0.1, 0.15) is 12.8 Å². The molecule has 0 aliphatic carbocycles. The zero-order chi connectivity index (χ0) is 19.3. The minimum absolute atomic E-state index is 0.0415. The lowest BCUT2D eigenvalue weighted by Gasteiger charge is -2.24. The Morgan fingerprint density at radius 2 is 1.54 bits per heavy atom. The van der Waals surface area contributed by atoms with Crippen LogP contribution in [0.3, 0.4) is 0 Å². The molecule has 1 atom stereocenters. The predicted molar refractivity (Wildman–Crippen MR) is 109 cm³/mol. The standard InChI is InChI=1S/C23H20N2O3/c26-22-16-15-20(25(22)17-9-3-1-4-10-17)23(27)24-19-13-7-8-14-21(19)28-18-11-5-2-6-12-18/h1-14,20H,15-16H2,(H,24,27). The van der Waals surface area contributed by atoms with E-state index < -0.39 is 6.04 Å². The van der Waals surface area contributed by atoms with E-state index in [1.54, 1.807) is 17.0 Å². The maximum Gasteiger partial charge on any atom is 0.247 e. The average Bonchev–Trinajstić information content (AvgIpc) is 3.12. The van der Waals surface area contributed by atoms with Gasteiger partial charge in [0.15, 0.2) is 5.75 Å². The zero-order valence-corrected chi connectivity index (χ0v) is 15.2. The number of hydrogen-bond donors (Lipinski definition) is 1. The number of carbonyl (C=O) groups excluding carboxylic acids is 2. The van der Waals surface area contributed by atoms with Gasteiger partial charge in [-0.15, -0.1) is 0 Å². The summed E-state index contributed by atoms with van der Waals surface area (Å²) in [5.74, 6) is 0.975. The van der Waals surface area contributed by atoms with Crippen molar-refractivity contribution in [3.05, 3.63) is 84.9 Å². The predicted octanol–water partition coefficient (Wildman–Crippen LogP) is 4.61. The molecule has 5 heteroatoms. The third-order valence-corrected chi connectivity index (χ3v) is 4.66. The Kier molecular flexibility index (Phi) is 5.06. The number of benzene rings is 3. The quantitative estimate of drug-likeness (QED) is 0.711. The number of nitrogens with one attached hydrogen (secondary N) is 1. The van der Waals surface area contributed by atoms with Crippen molar-refractivity contribution in [2.24, 2.45) is 0 Å². The molecular weight excluding hydrogens is 352 g/mol. The molecule has 1 aliphatic rings. The highest BCUT2D eigenvalue weighted by atomic mass is 16.5. The van der Waals surface area contributed by atoms with Gasteiger partial charge in [0.25, 0.3) is 0 Å². The van der Waals surface area contributed by atoms with Crippen LogP contribution in [0.25, 0.3) is 0 Å². The maximum atomic E-state index is 13.0. The second kappa shape index (κ2) is 7.96. The van der Waals surface area contributed by atoms with Gasteiger partial charge in [-0.05, 0) is 42.8 Å². The molecule has 1 saturated heterocycles. The number of nitrogens with zero attached hydrogens (tertiary/aromatic N) is 1. The van der Waals surface area contributed by atoms with Gasteiger partial charge < -0.3 is 10.1 Å². The molecule has 0 spiro atoms. The van der Waals surface area contributed by atoms with Gasteiger partial charge in [-0.25, -0.2) is 0 Å². The van der Waals surface area contributed by atoms with Crippen LogP contribution in [0.5, 0.6) is 11.5 Å². The minimum atomic E-state index is -0.542. The summed E-state index contributed by atoms with van der Waals surface area (Å²) in [7, 11) is 0. The fraction of sp³-hybridized carbons (Fsp3) is 0.130. The molecule has 28 heavy (non-hydrogen) atoms. The van der Waals surface area contributed by atoms with Gasteiger partial charge in [-0.3, -0.25) is 14.5 Å². The van der Waals surface area contributed by atoms with E-state index in [0.717, 1.165) is 5.69 Å². The van der Waals surface area contributed by atoms with Crippen LogP contribution in [-0.2, 0) is 9.59 Å². The molecule has 1 N–H and O–H groups in total. The normalized spacial score (nSPS) is 16.1. The van der Waals surface area contributed by atoms with Gasteiger partial charge in [-0.1, -0.05) is 48.5 Å². The first kappa shape index (κ1) is 17.8. The van der Waals surface area contributed by atoms with Crippen molar-refractivity contribution in [2.75, 3.05) is 10.2 Å². The lowest BCUT2D eigenvalue weighted by molar-refractivity contribution is -0.120. The van der Waals surface area contributed by atoms with Gasteiger partial charge in [0.2, 0.25) is 11.8 Å². The van der Waals surface area contributed by atoms with Crippen molar-refractivity contribution in [3.8, 4) is 11.5 Å². The van der Waals surface area contributed by atoms with Crippen LogP contribution in [0, 0.1) is 0 Å². The molecule has 1 fully saturated rings. The van der Waals surface area contributed by atoms with Crippen molar-refractivity contribution in [2.45, 2.75) is 18.9 Å². The van der Waals surface area contributed by atoms with E-state index in [9.17, 15) is 9.59 Å². The van der Waals surface area contributed by atoms with Gasteiger partial charge >= 0.3 is 0 Å². The Hall–Kier alpha value is -3.60. The van der Waals surface area contributed by atoms with Crippen LogP contribution in [-0.4, -0.2) is 17.9 Å². The highest BCUT2D eigenvalue weighted by Crippen LogP contribution is 2.31. The lowest BCUT2D eigenvalue weighted by atomic mass is 10.1. The summed E-state index contributed by atoms with van der Waals surface area (Å²) in [5.41, 5.74) is 1.31. The van der Waals surface area contributed by atoms with Crippen LogP contribution >= 0.6 is 0 Å². The number of rotatable bonds is 5. The highest BCUT2D eigenvalue weighted by molar-refractivity contribution is 6.07. The smallest absolute Gasteiger partial charge is 0.247 e. The second-order valence-corrected chi connectivity index (χ2v) is 6.55. The van der Waals surface area contributed by atoms with Crippen molar-refractivity contribution >= 4 is 23.2 Å². The van der Waals surface area contributed by atoms with E-state index in [4.69, 9.17) is 4.74 Å². The number of para-hydroxylation sites is 4. The van der Waals surface area contributed by atoms with Crippen LogP contribution < -0.4 is 15.0 Å². The van der Waals surface area contributed by atoms with Crippen molar-refractivity contribution in [1.82, 2.24) is 0 Å². The lowest BCUT2D eigenvalue weighted by Crippen LogP contribution is -2.41. The number of hydrogen-bond acceptors (Lipinski definition) is 3.